The van der Waals surface area contributed by atoms with E-state index in [1.54, 1.807) is 28.2 Å². The van der Waals surface area contributed by atoms with Crippen LogP contribution in [0.25, 0.3) is 22.3 Å². The third-order valence-electron chi connectivity index (χ3n) is 5.04. The molecule has 1 aliphatic heterocycles. The lowest BCUT2D eigenvalue weighted by molar-refractivity contribution is -0.117. The van der Waals surface area contributed by atoms with Gasteiger partial charge in [-0.05, 0) is 24.3 Å². The van der Waals surface area contributed by atoms with Crippen LogP contribution in [0.5, 0.6) is 0 Å². The van der Waals surface area contributed by atoms with Crippen molar-refractivity contribution < 1.29 is 4.79 Å². The number of nitrogens with zero attached hydrogens (tertiary/aromatic N) is 7. The summed E-state index contributed by atoms with van der Waals surface area (Å²) in [7, 11) is 1.85. The Kier molecular flexibility index (Phi) is 4.16. The highest BCUT2D eigenvalue weighted by atomic mass is 16.2. The van der Waals surface area contributed by atoms with E-state index in [4.69, 9.17) is 9.97 Å². The number of aryl methyl sites for hydroxylation is 1. The van der Waals surface area contributed by atoms with E-state index in [1.165, 1.54) is 0 Å². The lowest BCUT2D eigenvalue weighted by Gasteiger charge is -2.34. The smallest absolute Gasteiger partial charge is 0.246 e. The Morgan fingerprint density at radius 1 is 1.00 bits per heavy atom. The molecule has 0 aliphatic carbocycles. The Labute approximate surface area is 167 Å². The number of anilines is 2. The molecular formula is C21H19N7O. The fourth-order valence-corrected chi connectivity index (χ4v) is 3.61. The van der Waals surface area contributed by atoms with Gasteiger partial charge < -0.3 is 9.80 Å². The number of aromatic nitrogens is 5. The van der Waals surface area contributed by atoms with Crippen molar-refractivity contribution in [3.63, 3.8) is 0 Å². The van der Waals surface area contributed by atoms with Crippen LogP contribution in [-0.2, 0) is 11.8 Å². The van der Waals surface area contributed by atoms with Crippen molar-refractivity contribution in [2.45, 2.75) is 0 Å². The third-order valence-corrected chi connectivity index (χ3v) is 5.04. The predicted molar refractivity (Wildman–Crippen MR) is 111 cm³/mol. The molecule has 29 heavy (non-hydrogen) atoms. The SMILES string of the molecule is Cn1cc(N2CCN(c3nc(-c4ccncc4)nc4ccccc34)CC2=O)cn1. The predicted octanol–water partition coefficient (Wildman–Crippen LogP) is 2.28. The van der Waals surface area contributed by atoms with Gasteiger partial charge in [0.25, 0.3) is 0 Å². The molecule has 1 amide bonds. The second-order valence-electron chi connectivity index (χ2n) is 6.96. The van der Waals surface area contributed by atoms with E-state index in [-0.39, 0.29) is 12.5 Å². The molecule has 0 radical (unpaired) electrons. The van der Waals surface area contributed by atoms with Gasteiger partial charge in [0.15, 0.2) is 5.82 Å². The molecule has 3 aromatic heterocycles. The molecule has 4 aromatic rings. The van der Waals surface area contributed by atoms with Crippen molar-refractivity contribution in [3.8, 4) is 11.4 Å². The fourth-order valence-electron chi connectivity index (χ4n) is 3.61. The van der Waals surface area contributed by atoms with E-state index in [0.717, 1.165) is 28.0 Å². The normalized spacial score (nSPS) is 14.6. The maximum absolute atomic E-state index is 12.9. The molecule has 0 bridgehead atoms. The molecule has 0 atom stereocenters. The van der Waals surface area contributed by atoms with Gasteiger partial charge in [0.05, 0.1) is 23.9 Å². The first-order valence-electron chi connectivity index (χ1n) is 9.40. The topological polar surface area (TPSA) is 80.0 Å². The van der Waals surface area contributed by atoms with Crippen LogP contribution in [0.3, 0.4) is 0 Å². The van der Waals surface area contributed by atoms with Crippen molar-refractivity contribution >= 4 is 28.3 Å². The zero-order valence-electron chi connectivity index (χ0n) is 15.9. The van der Waals surface area contributed by atoms with Crippen molar-refractivity contribution in [3.05, 3.63) is 61.2 Å². The number of hydrogen-bond donors (Lipinski definition) is 0. The van der Waals surface area contributed by atoms with Gasteiger partial charge in [-0.1, -0.05) is 12.1 Å². The van der Waals surface area contributed by atoms with Gasteiger partial charge in [-0.3, -0.25) is 14.5 Å². The van der Waals surface area contributed by atoms with Crippen LogP contribution < -0.4 is 9.80 Å². The summed E-state index contributed by atoms with van der Waals surface area (Å²) in [5.74, 6) is 1.43. The summed E-state index contributed by atoms with van der Waals surface area (Å²) in [5.41, 5.74) is 2.57. The Bertz CT molecular complexity index is 1190. The van der Waals surface area contributed by atoms with Crippen LogP contribution in [0.1, 0.15) is 0 Å². The lowest BCUT2D eigenvalue weighted by atomic mass is 10.1. The number of fused-ring (bicyclic) bond motifs is 1. The second-order valence-corrected chi connectivity index (χ2v) is 6.96. The number of hydrogen-bond acceptors (Lipinski definition) is 6. The average molecular weight is 385 g/mol. The summed E-state index contributed by atoms with van der Waals surface area (Å²) >= 11 is 0. The van der Waals surface area contributed by atoms with E-state index < -0.39 is 0 Å². The monoisotopic (exact) mass is 385 g/mol. The Hall–Kier alpha value is -3.81. The summed E-state index contributed by atoms with van der Waals surface area (Å²) in [5, 5.41) is 5.11. The maximum atomic E-state index is 12.9. The molecule has 0 saturated carbocycles. The van der Waals surface area contributed by atoms with E-state index in [2.05, 4.69) is 10.1 Å². The Balaban J connectivity index is 1.52. The molecule has 144 valence electrons. The Morgan fingerprint density at radius 2 is 1.83 bits per heavy atom. The maximum Gasteiger partial charge on any atom is 0.246 e. The zero-order valence-corrected chi connectivity index (χ0v) is 15.9. The van der Waals surface area contributed by atoms with Gasteiger partial charge in [0, 0.05) is 49.7 Å². The number of pyridine rings is 1. The molecule has 0 N–H and O–H groups in total. The van der Waals surface area contributed by atoms with Gasteiger partial charge in [0.2, 0.25) is 5.91 Å². The first-order valence-corrected chi connectivity index (χ1v) is 9.40. The largest absolute Gasteiger partial charge is 0.345 e. The summed E-state index contributed by atoms with van der Waals surface area (Å²) in [6, 6.07) is 11.7. The molecule has 5 rings (SSSR count). The Morgan fingerprint density at radius 3 is 2.59 bits per heavy atom. The number of carbonyl (C=O) groups excluding carboxylic acids is 1. The third kappa shape index (κ3) is 3.18. The van der Waals surface area contributed by atoms with Crippen molar-refractivity contribution in [1.29, 1.82) is 0 Å². The minimum atomic E-state index is 0.0254. The van der Waals surface area contributed by atoms with E-state index >= 15 is 0 Å². The summed E-state index contributed by atoms with van der Waals surface area (Å²) in [6.45, 7) is 1.51. The molecule has 1 aromatic carbocycles. The van der Waals surface area contributed by atoms with Crippen LogP contribution in [0.4, 0.5) is 11.5 Å². The first kappa shape index (κ1) is 17.3. The van der Waals surface area contributed by atoms with Crippen LogP contribution in [-0.4, -0.2) is 50.3 Å². The number of carbonyl (C=O) groups is 1. The van der Waals surface area contributed by atoms with E-state index in [0.29, 0.717) is 18.9 Å². The van der Waals surface area contributed by atoms with E-state index in [1.807, 2.05) is 54.5 Å². The van der Waals surface area contributed by atoms with Crippen LogP contribution >= 0.6 is 0 Å². The fraction of sp³-hybridized carbons (Fsp3) is 0.190. The highest BCUT2D eigenvalue weighted by molar-refractivity contribution is 5.99. The first-order chi connectivity index (χ1) is 14.2. The number of piperazine rings is 1. The summed E-state index contributed by atoms with van der Waals surface area (Å²) in [4.78, 5) is 30.3. The lowest BCUT2D eigenvalue weighted by Crippen LogP contribution is -2.51. The van der Waals surface area contributed by atoms with Crippen LogP contribution in [0.2, 0.25) is 0 Å². The highest BCUT2D eigenvalue weighted by Gasteiger charge is 2.28. The van der Waals surface area contributed by atoms with Crippen molar-refractivity contribution in [1.82, 2.24) is 24.7 Å². The second kappa shape index (κ2) is 6.97. The van der Waals surface area contributed by atoms with Crippen LogP contribution in [0, 0.1) is 0 Å². The molecule has 8 heteroatoms. The van der Waals surface area contributed by atoms with Gasteiger partial charge in [0.1, 0.15) is 5.82 Å². The molecule has 0 unspecified atom stereocenters. The zero-order chi connectivity index (χ0) is 19.8. The summed E-state index contributed by atoms with van der Waals surface area (Å²) in [6.07, 6.45) is 7.03. The van der Waals surface area contributed by atoms with Gasteiger partial charge >= 0.3 is 0 Å². The average Bonchev–Trinajstić information content (AvgIpc) is 3.19. The summed E-state index contributed by atoms with van der Waals surface area (Å²) < 4.78 is 1.70. The van der Waals surface area contributed by atoms with Crippen LogP contribution in [0.15, 0.2) is 61.2 Å². The number of para-hydroxylation sites is 1. The number of rotatable bonds is 3. The molecule has 0 spiro atoms. The van der Waals surface area contributed by atoms with E-state index in [9.17, 15) is 4.79 Å². The molecule has 1 aliphatic rings. The van der Waals surface area contributed by atoms with Gasteiger partial charge in [-0.15, -0.1) is 0 Å². The quantitative estimate of drug-likeness (QED) is 0.538. The minimum Gasteiger partial charge on any atom is -0.345 e. The van der Waals surface area contributed by atoms with Gasteiger partial charge in [-0.25, -0.2) is 9.97 Å². The van der Waals surface area contributed by atoms with Crippen molar-refractivity contribution in [2.75, 3.05) is 29.4 Å². The number of benzene rings is 1. The van der Waals surface area contributed by atoms with Gasteiger partial charge in [-0.2, -0.15) is 5.10 Å². The highest BCUT2D eigenvalue weighted by Crippen LogP contribution is 2.29. The minimum absolute atomic E-state index is 0.0254. The molecule has 1 fully saturated rings. The number of amides is 1. The van der Waals surface area contributed by atoms with Crippen molar-refractivity contribution in [2.24, 2.45) is 7.05 Å². The molecule has 1 saturated heterocycles. The molecular weight excluding hydrogens is 366 g/mol. The molecule has 4 heterocycles. The standard InChI is InChI=1S/C21H19N7O/c1-26-13-16(12-23-26)28-11-10-27(14-19(28)29)21-17-4-2-3-5-18(17)24-20(25-21)15-6-8-22-9-7-15/h2-9,12-13H,10-11,14H2,1H3. The molecule has 8 nitrogen and oxygen atoms in total.